The number of thiazole rings is 1. The molecule has 0 unspecified atom stereocenters. The highest BCUT2D eigenvalue weighted by molar-refractivity contribution is 7.15. The molecule has 0 radical (unpaired) electrons. The number of benzene rings is 1. The number of nitrogens with two attached hydrogens (primary N) is 1. The number of carbonyl (C=O) groups is 1. The van der Waals surface area contributed by atoms with E-state index in [0.29, 0.717) is 5.13 Å². The van der Waals surface area contributed by atoms with E-state index in [1.165, 1.54) is 11.3 Å². The molecule has 1 aliphatic carbocycles. The number of aromatic nitrogens is 1. The molecule has 4 nitrogen and oxygen atoms in total. The molecule has 0 saturated heterocycles. The van der Waals surface area contributed by atoms with Crippen molar-refractivity contribution in [1.29, 1.82) is 0 Å². The predicted octanol–water partition coefficient (Wildman–Crippen LogP) is 3.38. The summed E-state index contributed by atoms with van der Waals surface area (Å²) in [5.74, 6) is 0.453. The topological polar surface area (TPSA) is 59.2 Å². The quantitative estimate of drug-likeness (QED) is 0.945. The first-order chi connectivity index (χ1) is 9.97. The third-order valence-corrected chi connectivity index (χ3v) is 4.70. The van der Waals surface area contributed by atoms with Crippen LogP contribution in [0.3, 0.4) is 0 Å². The molecule has 1 aromatic carbocycles. The second kappa shape index (κ2) is 5.15. The highest BCUT2D eigenvalue weighted by Gasteiger charge is 2.32. The molecule has 2 N–H and O–H groups in total. The maximum Gasteiger partial charge on any atom is 0.229 e. The van der Waals surface area contributed by atoms with Gasteiger partial charge in [-0.3, -0.25) is 4.79 Å². The molecule has 0 spiro atoms. The Hall–Kier alpha value is -1.88. The molecular formula is C16H19N3OS. The molecule has 21 heavy (non-hydrogen) atoms. The second-order valence-electron chi connectivity index (χ2n) is 5.63. The van der Waals surface area contributed by atoms with Gasteiger partial charge in [-0.2, -0.15) is 0 Å². The van der Waals surface area contributed by atoms with Gasteiger partial charge in [-0.1, -0.05) is 6.07 Å². The summed E-state index contributed by atoms with van der Waals surface area (Å²) in [7, 11) is 1.86. The number of rotatable bonds is 3. The molecule has 1 heterocycles. The third kappa shape index (κ3) is 2.65. The van der Waals surface area contributed by atoms with E-state index in [1.54, 1.807) is 4.90 Å². The van der Waals surface area contributed by atoms with Crippen LogP contribution in [-0.4, -0.2) is 17.9 Å². The van der Waals surface area contributed by atoms with Crippen LogP contribution in [0.25, 0.3) is 11.3 Å². The Bertz CT molecular complexity index is 704. The van der Waals surface area contributed by atoms with E-state index in [1.807, 2.05) is 33.0 Å². The highest BCUT2D eigenvalue weighted by Crippen LogP contribution is 2.35. The third-order valence-electron chi connectivity index (χ3n) is 3.90. The van der Waals surface area contributed by atoms with Crippen LogP contribution in [0.5, 0.6) is 0 Å². The Morgan fingerprint density at radius 3 is 2.62 bits per heavy atom. The van der Waals surface area contributed by atoms with Gasteiger partial charge in [0, 0.05) is 29.1 Å². The zero-order valence-corrected chi connectivity index (χ0v) is 13.3. The van der Waals surface area contributed by atoms with E-state index in [0.717, 1.165) is 40.2 Å². The molecule has 1 saturated carbocycles. The van der Waals surface area contributed by atoms with Crippen molar-refractivity contribution in [2.45, 2.75) is 26.7 Å². The fourth-order valence-corrected chi connectivity index (χ4v) is 3.30. The van der Waals surface area contributed by atoms with Crippen molar-refractivity contribution in [3.63, 3.8) is 0 Å². The number of carbonyl (C=O) groups excluding carboxylic acids is 1. The average molecular weight is 301 g/mol. The number of hydrogen-bond donors (Lipinski definition) is 1. The van der Waals surface area contributed by atoms with Crippen LogP contribution in [0.15, 0.2) is 18.2 Å². The lowest BCUT2D eigenvalue weighted by atomic mass is 10.1. The summed E-state index contributed by atoms with van der Waals surface area (Å²) in [5, 5.41) is 0.588. The molecule has 1 amide bonds. The van der Waals surface area contributed by atoms with Crippen molar-refractivity contribution in [2.24, 2.45) is 5.92 Å². The van der Waals surface area contributed by atoms with Crippen LogP contribution >= 0.6 is 11.3 Å². The van der Waals surface area contributed by atoms with Gasteiger partial charge in [0.05, 0.1) is 5.69 Å². The predicted molar refractivity (Wildman–Crippen MR) is 87.6 cm³/mol. The van der Waals surface area contributed by atoms with E-state index >= 15 is 0 Å². The van der Waals surface area contributed by atoms with Crippen molar-refractivity contribution >= 4 is 28.1 Å². The maximum absolute atomic E-state index is 12.2. The molecular weight excluding hydrogens is 282 g/mol. The zero-order chi connectivity index (χ0) is 15.1. The van der Waals surface area contributed by atoms with Gasteiger partial charge >= 0.3 is 0 Å². The Kier molecular flexibility index (Phi) is 3.45. The minimum Gasteiger partial charge on any atom is -0.375 e. The Labute approximate surface area is 128 Å². The van der Waals surface area contributed by atoms with Crippen LogP contribution < -0.4 is 10.6 Å². The smallest absolute Gasteiger partial charge is 0.229 e. The summed E-state index contributed by atoms with van der Waals surface area (Å²) in [5.41, 5.74) is 9.80. The van der Waals surface area contributed by atoms with Crippen LogP contribution in [0.4, 0.5) is 10.8 Å². The fourth-order valence-electron chi connectivity index (χ4n) is 2.59. The van der Waals surface area contributed by atoms with Crippen molar-refractivity contribution in [3.8, 4) is 11.3 Å². The first kappa shape index (κ1) is 14.1. The molecule has 0 aliphatic heterocycles. The lowest BCUT2D eigenvalue weighted by molar-refractivity contribution is -0.119. The minimum atomic E-state index is 0.222. The molecule has 5 heteroatoms. The summed E-state index contributed by atoms with van der Waals surface area (Å²) in [6.07, 6.45) is 2.05. The fraction of sp³-hybridized carbons (Fsp3) is 0.375. The molecule has 3 rings (SSSR count). The van der Waals surface area contributed by atoms with Crippen molar-refractivity contribution in [3.05, 3.63) is 28.6 Å². The lowest BCUT2D eigenvalue weighted by Crippen LogP contribution is -2.28. The van der Waals surface area contributed by atoms with Gasteiger partial charge in [0.15, 0.2) is 5.13 Å². The van der Waals surface area contributed by atoms with Gasteiger partial charge in [-0.15, -0.1) is 11.3 Å². The van der Waals surface area contributed by atoms with E-state index in [9.17, 15) is 4.79 Å². The van der Waals surface area contributed by atoms with Gasteiger partial charge in [0.1, 0.15) is 0 Å². The van der Waals surface area contributed by atoms with Gasteiger partial charge < -0.3 is 10.6 Å². The number of aryl methyl sites for hydroxylation is 2. The summed E-state index contributed by atoms with van der Waals surface area (Å²) in [6, 6.07) is 6.09. The van der Waals surface area contributed by atoms with Crippen molar-refractivity contribution < 1.29 is 4.79 Å². The van der Waals surface area contributed by atoms with Gasteiger partial charge in [0.25, 0.3) is 0 Å². The number of nitrogens with zero attached hydrogens (tertiary/aromatic N) is 2. The molecule has 110 valence electrons. The molecule has 0 atom stereocenters. The monoisotopic (exact) mass is 301 g/mol. The molecule has 1 aliphatic rings. The molecule has 0 bridgehead atoms. The molecule has 1 aromatic heterocycles. The number of anilines is 2. The minimum absolute atomic E-state index is 0.222. The average Bonchev–Trinajstić information content (AvgIpc) is 3.22. The number of nitrogen functional groups attached to an aromatic ring is 1. The van der Waals surface area contributed by atoms with Crippen LogP contribution in [-0.2, 0) is 4.79 Å². The summed E-state index contributed by atoms with van der Waals surface area (Å²) in [6.45, 7) is 4.05. The molecule has 2 aromatic rings. The normalized spacial score (nSPS) is 14.2. The number of amides is 1. The van der Waals surface area contributed by atoms with Crippen molar-refractivity contribution in [2.75, 3.05) is 17.7 Å². The van der Waals surface area contributed by atoms with Crippen LogP contribution in [0, 0.1) is 19.8 Å². The van der Waals surface area contributed by atoms with Gasteiger partial charge in [-0.25, -0.2) is 4.98 Å². The SMILES string of the molecule is Cc1cc(-c2nc(N)sc2C)ccc1N(C)C(=O)C1CC1. The Morgan fingerprint density at radius 2 is 2.10 bits per heavy atom. The first-order valence-electron chi connectivity index (χ1n) is 7.09. The maximum atomic E-state index is 12.2. The van der Waals surface area contributed by atoms with E-state index < -0.39 is 0 Å². The van der Waals surface area contributed by atoms with E-state index in [2.05, 4.69) is 11.1 Å². The summed E-state index contributed by atoms with van der Waals surface area (Å²) >= 11 is 1.50. The first-order valence-corrected chi connectivity index (χ1v) is 7.90. The van der Waals surface area contributed by atoms with Gasteiger partial charge in [-0.05, 0) is 44.4 Å². The second-order valence-corrected chi connectivity index (χ2v) is 6.86. The Morgan fingerprint density at radius 1 is 1.38 bits per heavy atom. The Balaban J connectivity index is 1.92. The zero-order valence-electron chi connectivity index (χ0n) is 12.5. The largest absolute Gasteiger partial charge is 0.375 e. The molecule has 1 fully saturated rings. The lowest BCUT2D eigenvalue weighted by Gasteiger charge is -2.20. The summed E-state index contributed by atoms with van der Waals surface area (Å²) in [4.78, 5) is 19.4. The van der Waals surface area contributed by atoms with Crippen LogP contribution in [0.1, 0.15) is 23.3 Å². The van der Waals surface area contributed by atoms with E-state index in [4.69, 9.17) is 5.73 Å². The summed E-state index contributed by atoms with van der Waals surface area (Å²) < 4.78 is 0. The van der Waals surface area contributed by atoms with Crippen molar-refractivity contribution in [1.82, 2.24) is 4.98 Å². The van der Waals surface area contributed by atoms with E-state index in [-0.39, 0.29) is 11.8 Å². The van der Waals surface area contributed by atoms with Gasteiger partial charge in [0.2, 0.25) is 5.91 Å². The number of hydrogen-bond acceptors (Lipinski definition) is 4. The van der Waals surface area contributed by atoms with Crippen LogP contribution in [0.2, 0.25) is 0 Å². The standard InChI is InChI=1S/C16H19N3OS/c1-9-8-12(14-10(2)21-16(17)18-14)6-7-13(9)19(3)15(20)11-4-5-11/h6-8,11H,4-5H2,1-3H3,(H2,17,18). The highest BCUT2D eigenvalue weighted by atomic mass is 32.1.